The Morgan fingerprint density at radius 3 is 2.08 bits per heavy atom. The molecule has 0 spiro atoms. The van der Waals surface area contributed by atoms with Crippen molar-refractivity contribution in [1.82, 2.24) is 5.48 Å². The molecule has 0 saturated carbocycles. The summed E-state index contributed by atoms with van der Waals surface area (Å²) in [6.07, 6.45) is 9.44. The Bertz CT molecular complexity index is 527. The monoisotopic (exact) mass is 359 g/mol. The summed E-state index contributed by atoms with van der Waals surface area (Å²) in [6.45, 7) is 8.49. The van der Waals surface area contributed by atoms with Gasteiger partial charge in [0, 0.05) is 0 Å². The van der Waals surface area contributed by atoms with E-state index in [0.717, 1.165) is 31.3 Å². The van der Waals surface area contributed by atoms with Crippen LogP contribution in [0.3, 0.4) is 0 Å². The number of allylic oxidation sites excluding steroid dienone is 5. The smallest absolute Gasteiger partial charge is 0.324 e. The van der Waals surface area contributed by atoms with Crippen molar-refractivity contribution < 1.29 is 24.0 Å². The Labute approximate surface area is 144 Å². The lowest BCUT2D eigenvalue weighted by molar-refractivity contribution is -0.130. The number of nitrogens with one attached hydrogen (secondary N) is 1. The summed E-state index contributed by atoms with van der Waals surface area (Å²) < 4.78 is 10.6. The molecule has 3 N–H and O–H groups in total. The van der Waals surface area contributed by atoms with E-state index in [4.69, 9.17) is 14.6 Å². The standard InChI is InChI=1S/C17H30NO5P/c1-14(2)7-5-8-15(3)9-6-10-16(4)11-12-23-18-17(19)13-24(20,21)22/h7,9,11H,5-6,8,10,12-13H2,1-4H3,(H,18,19)(H2,20,21,22)/b15-9+,16-11+. The second-order valence-electron chi connectivity index (χ2n) is 6.12. The number of rotatable bonds is 11. The highest BCUT2D eigenvalue weighted by Gasteiger charge is 2.18. The number of hydroxylamine groups is 1. The minimum Gasteiger partial charge on any atom is -0.324 e. The first-order valence-corrected chi connectivity index (χ1v) is 9.79. The fraction of sp³-hybridized carbons (Fsp3) is 0.588. The first-order valence-electron chi connectivity index (χ1n) is 8.00. The number of carbonyl (C=O) groups is 1. The summed E-state index contributed by atoms with van der Waals surface area (Å²) in [6, 6.07) is 0. The summed E-state index contributed by atoms with van der Waals surface area (Å²) >= 11 is 0. The van der Waals surface area contributed by atoms with Crippen LogP contribution in [0, 0.1) is 0 Å². The zero-order valence-electron chi connectivity index (χ0n) is 15.0. The van der Waals surface area contributed by atoms with Gasteiger partial charge < -0.3 is 9.79 Å². The molecule has 0 fully saturated rings. The quantitative estimate of drug-likeness (QED) is 0.227. The third-order valence-electron chi connectivity index (χ3n) is 3.17. The van der Waals surface area contributed by atoms with Gasteiger partial charge in [0.2, 0.25) is 0 Å². The Morgan fingerprint density at radius 2 is 1.54 bits per heavy atom. The van der Waals surface area contributed by atoms with Gasteiger partial charge in [-0.1, -0.05) is 34.9 Å². The van der Waals surface area contributed by atoms with Gasteiger partial charge in [0.1, 0.15) is 6.16 Å². The fourth-order valence-electron chi connectivity index (χ4n) is 1.86. The van der Waals surface area contributed by atoms with Crippen LogP contribution in [-0.2, 0) is 14.2 Å². The molecule has 0 unspecified atom stereocenters. The van der Waals surface area contributed by atoms with Crippen LogP contribution in [0.1, 0.15) is 53.4 Å². The molecule has 0 saturated heterocycles. The molecule has 0 bridgehead atoms. The first-order chi connectivity index (χ1) is 11.1. The topological polar surface area (TPSA) is 95.9 Å². The molecule has 0 heterocycles. The number of hydrogen-bond donors (Lipinski definition) is 3. The van der Waals surface area contributed by atoms with Crippen LogP contribution in [0.15, 0.2) is 34.9 Å². The molecule has 1 amide bonds. The lowest BCUT2D eigenvalue weighted by atomic mass is 10.1. The van der Waals surface area contributed by atoms with E-state index in [-0.39, 0.29) is 6.61 Å². The van der Waals surface area contributed by atoms with E-state index in [9.17, 15) is 9.36 Å². The zero-order chi connectivity index (χ0) is 18.6. The highest BCUT2D eigenvalue weighted by molar-refractivity contribution is 7.52. The predicted molar refractivity (Wildman–Crippen MR) is 96.4 cm³/mol. The van der Waals surface area contributed by atoms with Crippen LogP contribution < -0.4 is 5.48 Å². The lowest BCUT2D eigenvalue weighted by Crippen LogP contribution is -2.26. The van der Waals surface area contributed by atoms with Gasteiger partial charge in [-0.3, -0.25) is 14.2 Å². The molecular formula is C17H30NO5P. The second kappa shape index (κ2) is 12.2. The molecular weight excluding hydrogens is 329 g/mol. The van der Waals surface area contributed by atoms with Crippen molar-refractivity contribution in [2.45, 2.75) is 53.4 Å². The SMILES string of the molecule is CC(C)=CCC/C(C)=C/CC/C(C)=C/CONC(=O)CP(=O)(O)O. The van der Waals surface area contributed by atoms with Gasteiger partial charge >= 0.3 is 7.60 Å². The van der Waals surface area contributed by atoms with E-state index in [0.29, 0.717) is 0 Å². The van der Waals surface area contributed by atoms with Crippen molar-refractivity contribution >= 4 is 13.5 Å². The Kier molecular flexibility index (Phi) is 11.6. The maximum absolute atomic E-state index is 11.1. The number of hydrogen-bond acceptors (Lipinski definition) is 3. The third kappa shape index (κ3) is 15.7. The number of amides is 1. The van der Waals surface area contributed by atoms with Gasteiger partial charge in [-0.05, 0) is 53.4 Å². The molecule has 0 aliphatic carbocycles. The Hall–Kier alpha value is -1.20. The lowest BCUT2D eigenvalue weighted by Gasteiger charge is -2.06. The molecule has 0 aromatic heterocycles. The highest BCUT2D eigenvalue weighted by atomic mass is 31.2. The Balaban J connectivity index is 3.93. The van der Waals surface area contributed by atoms with Gasteiger partial charge in [0.15, 0.2) is 0 Å². The molecule has 6 nitrogen and oxygen atoms in total. The average molecular weight is 359 g/mol. The van der Waals surface area contributed by atoms with Gasteiger partial charge in [0.05, 0.1) is 6.61 Å². The van der Waals surface area contributed by atoms with Gasteiger partial charge in [-0.2, -0.15) is 0 Å². The van der Waals surface area contributed by atoms with E-state index >= 15 is 0 Å². The molecule has 0 radical (unpaired) electrons. The molecule has 0 aliphatic rings. The predicted octanol–water partition coefficient (Wildman–Crippen LogP) is 3.63. The van der Waals surface area contributed by atoms with Gasteiger partial charge in [-0.15, -0.1) is 0 Å². The van der Waals surface area contributed by atoms with E-state index in [1.807, 2.05) is 18.5 Å². The molecule has 0 atom stereocenters. The first kappa shape index (κ1) is 22.8. The van der Waals surface area contributed by atoms with Crippen LogP contribution in [0.25, 0.3) is 0 Å². The minimum absolute atomic E-state index is 0.169. The maximum Gasteiger partial charge on any atom is 0.334 e. The van der Waals surface area contributed by atoms with Crippen LogP contribution in [0.2, 0.25) is 0 Å². The summed E-state index contributed by atoms with van der Waals surface area (Å²) in [4.78, 5) is 33.3. The molecule has 0 rings (SSSR count). The maximum atomic E-state index is 11.1. The van der Waals surface area contributed by atoms with Crippen LogP contribution in [-0.4, -0.2) is 28.5 Å². The second-order valence-corrected chi connectivity index (χ2v) is 7.76. The van der Waals surface area contributed by atoms with E-state index in [1.165, 1.54) is 11.1 Å². The molecule has 0 aliphatic heterocycles. The fourth-order valence-corrected chi connectivity index (χ4v) is 2.30. The van der Waals surface area contributed by atoms with E-state index in [2.05, 4.69) is 32.9 Å². The highest BCUT2D eigenvalue weighted by Crippen LogP contribution is 2.33. The van der Waals surface area contributed by atoms with Gasteiger partial charge in [-0.25, -0.2) is 5.48 Å². The number of carbonyl (C=O) groups excluding carboxylic acids is 1. The van der Waals surface area contributed by atoms with Crippen molar-refractivity contribution in [3.63, 3.8) is 0 Å². The zero-order valence-corrected chi connectivity index (χ0v) is 15.9. The minimum atomic E-state index is -4.35. The molecule has 7 heteroatoms. The average Bonchev–Trinajstić information content (AvgIpc) is 2.41. The third-order valence-corrected chi connectivity index (χ3v) is 3.87. The van der Waals surface area contributed by atoms with Gasteiger partial charge in [0.25, 0.3) is 5.91 Å². The molecule has 24 heavy (non-hydrogen) atoms. The van der Waals surface area contributed by atoms with Crippen molar-refractivity contribution in [2.24, 2.45) is 0 Å². The summed E-state index contributed by atoms with van der Waals surface area (Å²) in [5.41, 5.74) is 5.86. The van der Waals surface area contributed by atoms with Crippen LogP contribution in [0.4, 0.5) is 0 Å². The van der Waals surface area contributed by atoms with Crippen molar-refractivity contribution in [3.8, 4) is 0 Å². The van der Waals surface area contributed by atoms with Crippen molar-refractivity contribution in [1.29, 1.82) is 0 Å². The van der Waals surface area contributed by atoms with Crippen molar-refractivity contribution in [2.75, 3.05) is 12.8 Å². The molecule has 138 valence electrons. The Morgan fingerprint density at radius 1 is 1.00 bits per heavy atom. The molecule has 0 aromatic carbocycles. The summed E-state index contributed by atoms with van der Waals surface area (Å²) in [7, 11) is -4.35. The van der Waals surface area contributed by atoms with Crippen molar-refractivity contribution in [3.05, 3.63) is 34.9 Å². The normalized spacial score (nSPS) is 12.9. The van der Waals surface area contributed by atoms with E-state index < -0.39 is 19.7 Å². The summed E-state index contributed by atoms with van der Waals surface area (Å²) in [5, 5.41) is 0. The van der Waals surface area contributed by atoms with Crippen LogP contribution >= 0.6 is 7.60 Å². The van der Waals surface area contributed by atoms with Crippen LogP contribution in [0.5, 0.6) is 0 Å². The summed E-state index contributed by atoms with van der Waals surface area (Å²) in [5.74, 6) is -0.829. The largest absolute Gasteiger partial charge is 0.334 e. The molecule has 0 aromatic rings. The van der Waals surface area contributed by atoms with E-state index in [1.54, 1.807) is 0 Å².